The molecule has 0 spiro atoms. The highest BCUT2D eigenvalue weighted by Gasteiger charge is 2.26. The molecule has 298 valence electrons. The Balaban J connectivity index is 1.26. The minimum absolute atomic E-state index is 0.0588. The molecule has 0 amide bonds. The maximum Gasteiger partial charge on any atom is 0.240 e. The highest BCUT2D eigenvalue weighted by Crippen LogP contribution is 2.42. The van der Waals surface area contributed by atoms with E-state index >= 15 is 0 Å². The molecule has 0 bridgehead atoms. The molecular formula is C57H35N7. The van der Waals surface area contributed by atoms with Gasteiger partial charge < -0.3 is 9.13 Å². The smallest absolute Gasteiger partial charge is 0.240 e. The fourth-order valence-electron chi connectivity index (χ4n) is 9.68. The molecule has 0 radical (unpaired) electrons. The molecule has 0 aliphatic carbocycles. The normalized spacial score (nSPS) is 14.5. The number of fused-ring (bicyclic) bond motifs is 12. The van der Waals surface area contributed by atoms with Gasteiger partial charge in [-0.1, -0.05) is 151 Å². The van der Waals surface area contributed by atoms with Crippen molar-refractivity contribution >= 4 is 87.2 Å². The molecule has 0 saturated heterocycles. The summed E-state index contributed by atoms with van der Waals surface area (Å²) in [7, 11) is 0. The van der Waals surface area contributed by atoms with Gasteiger partial charge in [-0.3, -0.25) is 9.13 Å². The predicted molar refractivity (Wildman–Crippen MR) is 263 cm³/mol. The van der Waals surface area contributed by atoms with Crippen molar-refractivity contribution in [3.05, 3.63) is 212 Å². The molecule has 0 aliphatic rings. The second-order valence-electron chi connectivity index (χ2n) is 15.6. The van der Waals surface area contributed by atoms with Crippen LogP contribution in [0.3, 0.4) is 0 Å². The van der Waals surface area contributed by atoms with E-state index in [1.165, 1.54) is 0 Å². The average Bonchev–Trinajstić information content (AvgIpc) is 4.20. The predicted octanol–water partition coefficient (Wildman–Crippen LogP) is 13.9. The minimum Gasteiger partial charge on any atom is -0.308 e. The Labute approximate surface area is 381 Å². The molecule has 14 aromatic rings. The van der Waals surface area contributed by atoms with Crippen molar-refractivity contribution in [2.45, 2.75) is 0 Å². The van der Waals surface area contributed by atoms with Crippen LogP contribution in [0.2, 0.25) is 0 Å². The van der Waals surface area contributed by atoms with Crippen molar-refractivity contribution in [2.24, 2.45) is 0 Å². The van der Waals surface area contributed by atoms with Crippen molar-refractivity contribution in [1.29, 1.82) is 0 Å². The summed E-state index contributed by atoms with van der Waals surface area (Å²) in [6.07, 6.45) is 0. The van der Waals surface area contributed by atoms with Crippen LogP contribution < -0.4 is 0 Å². The van der Waals surface area contributed by atoms with Crippen molar-refractivity contribution in [3.8, 4) is 34.7 Å². The maximum absolute atomic E-state index is 10.1. The number of hydrogen-bond acceptors (Lipinski definition) is 3. The van der Waals surface area contributed by atoms with E-state index < -0.39 is 24.2 Å². The molecule has 0 aliphatic heterocycles. The van der Waals surface area contributed by atoms with Crippen LogP contribution >= 0.6 is 0 Å². The van der Waals surface area contributed by atoms with Gasteiger partial charge in [0.2, 0.25) is 11.9 Å². The first-order valence-electron chi connectivity index (χ1n) is 26.2. The SMILES string of the molecule is [2H]c1c([2H])c(-n2c3ccccc3c3ccccc32)c(-c2nc(-n3c4ccccc4c4c([2H])c([2H])c([2H])c([2H])c43)nc(-n3c4ccccc4c4c([2H])c([2H])c([2H])c([2H])c43)n2)c(-n2c3ccccc3c3ccccc32)c1[2H]. The molecular weight excluding hydrogens is 783 g/mol. The number of nitrogens with zero attached hydrogens (tertiary/aromatic N) is 7. The zero-order valence-corrected chi connectivity index (χ0v) is 33.5. The van der Waals surface area contributed by atoms with E-state index in [0.717, 1.165) is 21.5 Å². The molecule has 14 rings (SSSR count). The summed E-state index contributed by atoms with van der Waals surface area (Å²) in [5.74, 6) is -0.413. The van der Waals surface area contributed by atoms with E-state index in [2.05, 4.69) is 0 Å². The van der Waals surface area contributed by atoms with Crippen LogP contribution in [-0.4, -0.2) is 33.2 Å². The van der Waals surface area contributed by atoms with Crippen LogP contribution in [0.4, 0.5) is 0 Å². The Bertz CT molecular complexity index is 4480. The Morgan fingerprint density at radius 2 is 0.594 bits per heavy atom. The quantitative estimate of drug-likeness (QED) is 0.174. The van der Waals surface area contributed by atoms with E-state index in [1.807, 2.05) is 106 Å². The van der Waals surface area contributed by atoms with Gasteiger partial charge in [-0.25, -0.2) is 0 Å². The molecule has 5 heterocycles. The van der Waals surface area contributed by atoms with E-state index in [4.69, 9.17) is 20.4 Å². The van der Waals surface area contributed by atoms with Gasteiger partial charge in [0.25, 0.3) is 0 Å². The van der Waals surface area contributed by atoms with Gasteiger partial charge in [-0.2, -0.15) is 15.0 Å². The number of aromatic nitrogens is 7. The molecule has 7 heteroatoms. The number of hydrogen-bond donors (Lipinski definition) is 0. The van der Waals surface area contributed by atoms with Crippen LogP contribution in [0, 0.1) is 0 Å². The van der Waals surface area contributed by atoms with Crippen molar-refractivity contribution in [2.75, 3.05) is 0 Å². The largest absolute Gasteiger partial charge is 0.308 e. The van der Waals surface area contributed by atoms with E-state index in [1.54, 1.807) is 57.7 Å². The lowest BCUT2D eigenvalue weighted by atomic mass is 10.1. The summed E-state index contributed by atoms with van der Waals surface area (Å²) in [4.78, 5) is 15.9. The Kier molecular flexibility index (Phi) is 5.39. The van der Waals surface area contributed by atoms with Gasteiger partial charge in [0.15, 0.2) is 5.82 Å². The first-order valence-corrected chi connectivity index (χ1v) is 20.7. The summed E-state index contributed by atoms with van der Waals surface area (Å²) >= 11 is 0. The van der Waals surface area contributed by atoms with Gasteiger partial charge in [0.05, 0.1) is 76.2 Å². The Morgan fingerprint density at radius 3 is 0.969 bits per heavy atom. The van der Waals surface area contributed by atoms with Gasteiger partial charge in [0, 0.05) is 43.1 Å². The lowest BCUT2D eigenvalue weighted by Crippen LogP contribution is -2.12. The molecule has 64 heavy (non-hydrogen) atoms. The van der Waals surface area contributed by atoms with Crippen LogP contribution in [0.5, 0.6) is 0 Å². The maximum atomic E-state index is 10.1. The zero-order chi connectivity index (χ0) is 51.5. The fourth-order valence-corrected chi connectivity index (χ4v) is 9.68. The van der Waals surface area contributed by atoms with Crippen LogP contribution in [0.1, 0.15) is 15.1 Å². The monoisotopic (exact) mass is 828 g/mol. The highest BCUT2D eigenvalue weighted by molar-refractivity contribution is 6.13. The van der Waals surface area contributed by atoms with E-state index in [-0.39, 0.29) is 98.8 Å². The molecule has 0 saturated carbocycles. The summed E-state index contributed by atoms with van der Waals surface area (Å²) < 4.78 is 110. The summed E-state index contributed by atoms with van der Waals surface area (Å²) in [5.41, 5.74) is 4.14. The first-order chi connectivity index (χ1) is 36.4. The molecule has 5 aromatic heterocycles. The summed E-state index contributed by atoms with van der Waals surface area (Å²) in [6.45, 7) is 0. The minimum atomic E-state index is -0.490. The Morgan fingerprint density at radius 1 is 0.281 bits per heavy atom. The summed E-state index contributed by atoms with van der Waals surface area (Å²) in [6, 6.07) is 40.9. The first kappa shape index (κ1) is 25.8. The van der Waals surface area contributed by atoms with Gasteiger partial charge in [-0.05, 0) is 60.6 Å². The second kappa shape index (κ2) is 13.3. The Hall–Kier alpha value is -8.81. The average molecular weight is 829 g/mol. The molecule has 0 unspecified atom stereocenters. The third-order valence-electron chi connectivity index (χ3n) is 12.3. The van der Waals surface area contributed by atoms with Crippen molar-refractivity contribution in [1.82, 2.24) is 33.2 Å². The molecule has 0 fully saturated rings. The standard InChI is InChI=1S/C57H35N7/c1-9-26-44-36(18-1)37-19-2-10-27-45(37)61(44)52-34-17-35-53(62-46-28-11-3-20-38(46)39-21-4-12-29-47(39)62)54(52)55-58-56(63-48-30-13-5-22-40(48)41-23-6-14-31-49(41)63)60-57(59-55)64-50-32-15-7-24-42(50)43-25-8-16-33-51(43)64/h1-35H/i5D,7D,13D,15D,17D,22D,24D,30D,32D,34D,35D. The third kappa shape index (κ3) is 4.83. The lowest BCUT2D eigenvalue weighted by Gasteiger charge is -2.20. The lowest BCUT2D eigenvalue weighted by molar-refractivity contribution is 0.890. The number of benzene rings is 9. The molecule has 7 nitrogen and oxygen atoms in total. The van der Waals surface area contributed by atoms with Crippen LogP contribution in [0.15, 0.2) is 212 Å². The molecule has 9 aromatic carbocycles. The van der Waals surface area contributed by atoms with Crippen LogP contribution in [-0.2, 0) is 0 Å². The third-order valence-corrected chi connectivity index (χ3v) is 12.3. The highest BCUT2D eigenvalue weighted by atomic mass is 15.3. The van der Waals surface area contributed by atoms with E-state index in [0.29, 0.717) is 43.9 Å². The molecule has 0 atom stereocenters. The van der Waals surface area contributed by atoms with Crippen molar-refractivity contribution in [3.63, 3.8) is 0 Å². The van der Waals surface area contributed by atoms with Gasteiger partial charge in [-0.15, -0.1) is 0 Å². The van der Waals surface area contributed by atoms with Gasteiger partial charge >= 0.3 is 0 Å². The second-order valence-corrected chi connectivity index (χ2v) is 15.6. The fraction of sp³-hybridized carbons (Fsp3) is 0. The zero-order valence-electron chi connectivity index (χ0n) is 44.5. The van der Waals surface area contributed by atoms with Crippen molar-refractivity contribution < 1.29 is 15.1 Å². The molecule has 0 N–H and O–H groups in total. The van der Waals surface area contributed by atoms with Gasteiger partial charge in [0.1, 0.15) is 0 Å². The summed E-state index contributed by atoms with van der Waals surface area (Å²) in [5, 5.41) is 4.80. The van der Waals surface area contributed by atoms with Crippen LogP contribution in [0.25, 0.3) is 122 Å². The number of rotatable bonds is 5. The number of para-hydroxylation sites is 8. The van der Waals surface area contributed by atoms with E-state index in [9.17, 15) is 9.60 Å². The topological polar surface area (TPSA) is 58.4 Å².